The van der Waals surface area contributed by atoms with Crippen molar-refractivity contribution >= 4 is 0 Å². The minimum Gasteiger partial charge on any atom is -0.389 e. The molecule has 0 aliphatic heterocycles. The van der Waals surface area contributed by atoms with Crippen molar-refractivity contribution in [1.82, 2.24) is 10.2 Å². The summed E-state index contributed by atoms with van der Waals surface area (Å²) in [6.45, 7) is 12.7. The van der Waals surface area contributed by atoms with Gasteiger partial charge in [0.05, 0.1) is 12.7 Å². The second-order valence-electron chi connectivity index (χ2n) is 6.26. The highest BCUT2D eigenvalue weighted by Gasteiger charge is 2.21. The molecule has 0 saturated heterocycles. The van der Waals surface area contributed by atoms with Crippen LogP contribution in [0.15, 0.2) is 0 Å². The van der Waals surface area contributed by atoms with Crippen LogP contribution in [0.3, 0.4) is 0 Å². The third-order valence-electron chi connectivity index (χ3n) is 3.61. The summed E-state index contributed by atoms with van der Waals surface area (Å²) in [5.74, 6) is 0.769. The molecule has 1 aliphatic carbocycles. The quantitative estimate of drug-likeness (QED) is 0.559. The van der Waals surface area contributed by atoms with Gasteiger partial charge in [-0.15, -0.1) is 0 Å². The zero-order valence-electron chi connectivity index (χ0n) is 13.1. The van der Waals surface area contributed by atoms with Crippen molar-refractivity contribution in [1.29, 1.82) is 0 Å². The van der Waals surface area contributed by atoms with Crippen LogP contribution in [0.2, 0.25) is 0 Å². The second kappa shape index (κ2) is 8.90. The van der Waals surface area contributed by atoms with Gasteiger partial charge in [0.25, 0.3) is 0 Å². The van der Waals surface area contributed by atoms with E-state index in [9.17, 15) is 5.11 Å². The fraction of sp³-hybridized carbons (Fsp3) is 1.00. The third kappa shape index (κ3) is 7.88. The van der Waals surface area contributed by atoms with Crippen LogP contribution in [0.4, 0.5) is 0 Å². The molecule has 4 nitrogen and oxygen atoms in total. The zero-order valence-corrected chi connectivity index (χ0v) is 13.1. The van der Waals surface area contributed by atoms with Crippen LogP contribution in [-0.2, 0) is 4.74 Å². The predicted molar refractivity (Wildman–Crippen MR) is 79.4 cm³/mol. The fourth-order valence-electron chi connectivity index (χ4n) is 2.30. The smallest absolute Gasteiger partial charge is 0.0897 e. The molecule has 4 heteroatoms. The summed E-state index contributed by atoms with van der Waals surface area (Å²) in [6.07, 6.45) is 2.22. The van der Waals surface area contributed by atoms with Gasteiger partial charge in [-0.25, -0.2) is 0 Å². The van der Waals surface area contributed by atoms with Crippen molar-refractivity contribution in [2.75, 3.05) is 32.8 Å². The van der Waals surface area contributed by atoms with Gasteiger partial charge in [-0.1, -0.05) is 0 Å². The average Bonchev–Trinajstić information content (AvgIpc) is 3.11. The monoisotopic (exact) mass is 272 g/mol. The molecule has 1 atom stereocenters. The van der Waals surface area contributed by atoms with Crippen LogP contribution in [0.5, 0.6) is 0 Å². The Morgan fingerprint density at radius 3 is 2.37 bits per heavy atom. The highest BCUT2D eigenvalue weighted by atomic mass is 16.5. The van der Waals surface area contributed by atoms with Crippen molar-refractivity contribution in [3.8, 4) is 0 Å². The molecular weight excluding hydrogens is 240 g/mol. The van der Waals surface area contributed by atoms with Gasteiger partial charge in [0.15, 0.2) is 0 Å². The molecule has 1 saturated carbocycles. The molecule has 0 radical (unpaired) electrons. The van der Waals surface area contributed by atoms with E-state index in [4.69, 9.17) is 4.74 Å². The first-order valence-corrected chi connectivity index (χ1v) is 7.73. The Morgan fingerprint density at radius 1 is 1.21 bits per heavy atom. The number of hydrogen-bond donors (Lipinski definition) is 2. The van der Waals surface area contributed by atoms with Gasteiger partial charge in [0, 0.05) is 38.3 Å². The Bertz CT molecular complexity index is 222. The minimum atomic E-state index is -0.384. The van der Waals surface area contributed by atoms with Gasteiger partial charge in [-0.3, -0.25) is 4.90 Å². The molecule has 1 rings (SSSR count). The summed E-state index contributed by atoms with van der Waals surface area (Å²) in [4.78, 5) is 2.45. The maximum atomic E-state index is 9.76. The Hall–Kier alpha value is -0.160. The lowest BCUT2D eigenvalue weighted by atomic mass is 10.2. The van der Waals surface area contributed by atoms with Gasteiger partial charge in [-0.2, -0.15) is 0 Å². The Labute approximate surface area is 118 Å². The molecule has 1 fully saturated rings. The molecule has 1 aliphatic rings. The van der Waals surface area contributed by atoms with E-state index >= 15 is 0 Å². The van der Waals surface area contributed by atoms with Gasteiger partial charge < -0.3 is 15.2 Å². The molecule has 0 spiro atoms. The van der Waals surface area contributed by atoms with Gasteiger partial charge in [0.1, 0.15) is 0 Å². The highest BCUT2D eigenvalue weighted by molar-refractivity contribution is 4.72. The van der Waals surface area contributed by atoms with Gasteiger partial charge >= 0.3 is 0 Å². The van der Waals surface area contributed by atoms with Crippen molar-refractivity contribution < 1.29 is 9.84 Å². The van der Waals surface area contributed by atoms with Gasteiger partial charge in [0.2, 0.25) is 0 Å². The topological polar surface area (TPSA) is 44.7 Å². The summed E-state index contributed by atoms with van der Waals surface area (Å²) in [6, 6.07) is 1.13. The summed E-state index contributed by atoms with van der Waals surface area (Å²) >= 11 is 0. The number of hydrogen-bond acceptors (Lipinski definition) is 4. The molecule has 0 aromatic rings. The van der Waals surface area contributed by atoms with E-state index in [1.165, 1.54) is 12.8 Å². The first-order chi connectivity index (χ1) is 9.00. The molecule has 0 bridgehead atoms. The minimum absolute atomic E-state index is 0.384. The molecule has 1 unspecified atom stereocenters. The lowest BCUT2D eigenvalue weighted by molar-refractivity contribution is 0.0321. The molecule has 0 aromatic carbocycles. The second-order valence-corrected chi connectivity index (χ2v) is 6.26. The van der Waals surface area contributed by atoms with E-state index in [-0.39, 0.29) is 6.10 Å². The lowest BCUT2D eigenvalue weighted by Crippen LogP contribution is -2.42. The van der Waals surface area contributed by atoms with E-state index in [2.05, 4.69) is 37.9 Å². The maximum absolute atomic E-state index is 9.76. The molecule has 19 heavy (non-hydrogen) atoms. The Morgan fingerprint density at radius 2 is 1.84 bits per heavy atom. The van der Waals surface area contributed by atoms with Crippen LogP contribution in [-0.4, -0.2) is 61.0 Å². The lowest BCUT2D eigenvalue weighted by Gasteiger charge is -2.30. The Kier molecular flexibility index (Phi) is 7.91. The normalized spacial score (nSPS) is 17.7. The van der Waals surface area contributed by atoms with E-state index in [1.54, 1.807) is 0 Å². The first kappa shape index (κ1) is 16.9. The van der Waals surface area contributed by atoms with Crippen LogP contribution in [0, 0.1) is 5.92 Å². The Balaban J connectivity index is 1.98. The van der Waals surface area contributed by atoms with Crippen molar-refractivity contribution in [2.24, 2.45) is 5.92 Å². The molecule has 0 amide bonds. The number of aliphatic hydroxyl groups is 1. The van der Waals surface area contributed by atoms with Crippen LogP contribution >= 0.6 is 0 Å². The molecule has 2 N–H and O–H groups in total. The summed E-state index contributed by atoms with van der Waals surface area (Å²) in [5.41, 5.74) is 0. The summed E-state index contributed by atoms with van der Waals surface area (Å²) < 4.78 is 5.47. The number of aliphatic hydroxyl groups excluding tert-OH is 1. The third-order valence-corrected chi connectivity index (χ3v) is 3.61. The molecule has 114 valence electrons. The number of rotatable bonds is 11. The van der Waals surface area contributed by atoms with Crippen LogP contribution < -0.4 is 5.32 Å². The maximum Gasteiger partial charge on any atom is 0.0897 e. The van der Waals surface area contributed by atoms with Crippen molar-refractivity contribution in [3.05, 3.63) is 0 Å². The first-order valence-electron chi connectivity index (χ1n) is 7.73. The van der Waals surface area contributed by atoms with E-state index < -0.39 is 0 Å². The highest BCUT2D eigenvalue weighted by Crippen LogP contribution is 2.28. The number of ether oxygens (including phenoxy) is 1. The van der Waals surface area contributed by atoms with Crippen LogP contribution in [0.1, 0.15) is 40.5 Å². The van der Waals surface area contributed by atoms with E-state index in [1.807, 2.05) is 0 Å². The molecule has 0 heterocycles. The fourth-order valence-corrected chi connectivity index (χ4v) is 2.30. The van der Waals surface area contributed by atoms with Gasteiger partial charge in [-0.05, 0) is 46.5 Å². The number of nitrogens with one attached hydrogen (secondary N) is 1. The predicted octanol–water partition coefficient (Wildman–Crippen LogP) is 1.48. The zero-order chi connectivity index (χ0) is 14.3. The van der Waals surface area contributed by atoms with Crippen molar-refractivity contribution in [2.45, 2.75) is 58.7 Å². The standard InChI is InChI=1S/C15H32N2O2/c1-12(2)17(13(3)4)8-7-16-9-15(18)11-19-10-14-5-6-14/h12-16,18H,5-11H2,1-4H3. The SMILES string of the molecule is CC(C)N(CCNCC(O)COCC1CC1)C(C)C. The largest absolute Gasteiger partial charge is 0.389 e. The van der Waals surface area contributed by atoms with E-state index in [0.717, 1.165) is 25.6 Å². The molecular formula is C15H32N2O2. The average molecular weight is 272 g/mol. The number of nitrogens with zero attached hydrogens (tertiary/aromatic N) is 1. The van der Waals surface area contributed by atoms with E-state index in [0.29, 0.717) is 25.2 Å². The van der Waals surface area contributed by atoms with Crippen molar-refractivity contribution in [3.63, 3.8) is 0 Å². The summed E-state index contributed by atoms with van der Waals surface area (Å²) in [5, 5.41) is 13.1. The molecule has 0 aromatic heterocycles. The summed E-state index contributed by atoms with van der Waals surface area (Å²) in [7, 11) is 0. The van der Waals surface area contributed by atoms with Crippen LogP contribution in [0.25, 0.3) is 0 Å².